The number of likely N-dealkylation sites (tertiary alicyclic amines) is 1. The Balaban J connectivity index is 2.98. The van der Waals surface area contributed by atoms with Gasteiger partial charge in [0.05, 0.1) is 0 Å². The second-order valence-corrected chi connectivity index (χ2v) is 3.62. The molecule has 1 atom stereocenters. The lowest BCUT2D eigenvalue weighted by Gasteiger charge is -2.36. The fourth-order valence-corrected chi connectivity index (χ4v) is 1.78. The Labute approximate surface area is 86.5 Å². The summed E-state index contributed by atoms with van der Waals surface area (Å²) in [5.41, 5.74) is -1.54. The topological polar surface area (TPSA) is 94.9 Å². The Hall–Kier alpha value is -1.59. The molecule has 1 rings (SSSR count). The Morgan fingerprint density at radius 2 is 2.07 bits per heavy atom. The monoisotopic (exact) mass is 215 g/mol. The molecule has 2 N–H and O–H groups in total. The SMILES string of the molecule is CCC1(C(=O)O)CN(C(=O)O)CCC1=O. The summed E-state index contributed by atoms with van der Waals surface area (Å²) < 4.78 is 0. The van der Waals surface area contributed by atoms with E-state index in [1.54, 1.807) is 6.92 Å². The molecule has 1 aliphatic rings. The average molecular weight is 215 g/mol. The van der Waals surface area contributed by atoms with Crippen LogP contribution in [0.2, 0.25) is 0 Å². The zero-order valence-electron chi connectivity index (χ0n) is 8.39. The standard InChI is InChI=1S/C9H13NO5/c1-2-9(7(12)13)5-10(8(14)15)4-3-6(9)11/h2-5H2,1H3,(H,12,13)(H,14,15). The number of piperidine rings is 1. The summed E-state index contributed by atoms with van der Waals surface area (Å²) in [6.07, 6.45) is -1.08. The van der Waals surface area contributed by atoms with Crippen molar-refractivity contribution < 1.29 is 24.6 Å². The highest BCUT2D eigenvalue weighted by Gasteiger charge is 2.48. The summed E-state index contributed by atoms with van der Waals surface area (Å²) in [7, 11) is 0. The number of carboxylic acids is 1. The molecule has 0 radical (unpaired) electrons. The Morgan fingerprint density at radius 1 is 1.47 bits per heavy atom. The highest BCUT2D eigenvalue weighted by atomic mass is 16.4. The zero-order chi connectivity index (χ0) is 11.6. The van der Waals surface area contributed by atoms with E-state index in [-0.39, 0.29) is 31.7 Å². The van der Waals surface area contributed by atoms with Crippen LogP contribution in [0, 0.1) is 5.41 Å². The number of aliphatic carboxylic acids is 1. The van der Waals surface area contributed by atoms with Crippen molar-refractivity contribution in [3.05, 3.63) is 0 Å². The summed E-state index contributed by atoms with van der Waals surface area (Å²) in [6.45, 7) is 1.42. The van der Waals surface area contributed by atoms with Gasteiger partial charge in [-0.25, -0.2) is 4.79 Å². The van der Waals surface area contributed by atoms with E-state index in [1.807, 2.05) is 0 Å². The van der Waals surface area contributed by atoms with E-state index in [0.29, 0.717) is 0 Å². The minimum atomic E-state index is -1.54. The lowest BCUT2D eigenvalue weighted by atomic mass is 9.76. The number of carbonyl (C=O) groups is 3. The first-order valence-electron chi connectivity index (χ1n) is 4.68. The van der Waals surface area contributed by atoms with E-state index < -0.39 is 17.5 Å². The molecule has 15 heavy (non-hydrogen) atoms. The number of rotatable bonds is 2. The molecule has 1 unspecified atom stereocenters. The number of nitrogens with zero attached hydrogens (tertiary/aromatic N) is 1. The van der Waals surface area contributed by atoms with Gasteiger partial charge in [0.1, 0.15) is 5.41 Å². The quantitative estimate of drug-likeness (QED) is 0.651. The van der Waals surface area contributed by atoms with Gasteiger partial charge in [0, 0.05) is 19.5 Å². The number of carboxylic acid groups (broad SMARTS) is 2. The molecule has 1 aliphatic heterocycles. The molecule has 0 bridgehead atoms. The van der Waals surface area contributed by atoms with E-state index >= 15 is 0 Å². The molecule has 0 saturated carbocycles. The van der Waals surface area contributed by atoms with E-state index in [0.717, 1.165) is 4.90 Å². The van der Waals surface area contributed by atoms with E-state index in [4.69, 9.17) is 10.2 Å². The molecule has 0 spiro atoms. The maximum absolute atomic E-state index is 11.6. The molecule has 1 fully saturated rings. The van der Waals surface area contributed by atoms with Crippen molar-refractivity contribution in [3.8, 4) is 0 Å². The smallest absolute Gasteiger partial charge is 0.407 e. The molecular formula is C9H13NO5. The predicted octanol–water partition coefficient (Wildman–Crippen LogP) is 0.420. The number of Topliss-reactive ketones (excluding diaryl/α,β-unsaturated/α-hetero) is 1. The van der Waals surface area contributed by atoms with Gasteiger partial charge >= 0.3 is 12.1 Å². The molecule has 1 saturated heterocycles. The Morgan fingerprint density at radius 3 is 2.47 bits per heavy atom. The van der Waals surface area contributed by atoms with Gasteiger partial charge in [-0.15, -0.1) is 0 Å². The van der Waals surface area contributed by atoms with Gasteiger partial charge in [0.25, 0.3) is 0 Å². The van der Waals surface area contributed by atoms with Gasteiger partial charge in [-0.3, -0.25) is 9.59 Å². The highest BCUT2D eigenvalue weighted by Crippen LogP contribution is 2.30. The Kier molecular flexibility index (Phi) is 2.97. The van der Waals surface area contributed by atoms with Gasteiger partial charge in [0.15, 0.2) is 5.78 Å². The summed E-state index contributed by atoms with van der Waals surface area (Å²) in [5.74, 6) is -1.61. The molecule has 0 aromatic heterocycles. The van der Waals surface area contributed by atoms with Crippen LogP contribution in [0.1, 0.15) is 19.8 Å². The van der Waals surface area contributed by atoms with Crippen LogP contribution in [0.15, 0.2) is 0 Å². The van der Waals surface area contributed by atoms with Crippen LogP contribution in [0.25, 0.3) is 0 Å². The number of amides is 1. The van der Waals surface area contributed by atoms with Crippen molar-refractivity contribution >= 4 is 17.8 Å². The first kappa shape index (κ1) is 11.5. The van der Waals surface area contributed by atoms with Gasteiger partial charge in [0.2, 0.25) is 0 Å². The molecule has 84 valence electrons. The van der Waals surface area contributed by atoms with Crippen LogP contribution < -0.4 is 0 Å². The molecule has 6 nitrogen and oxygen atoms in total. The molecule has 1 amide bonds. The van der Waals surface area contributed by atoms with Crippen molar-refractivity contribution in [1.29, 1.82) is 0 Å². The second kappa shape index (κ2) is 3.88. The maximum Gasteiger partial charge on any atom is 0.407 e. The molecule has 0 aliphatic carbocycles. The van der Waals surface area contributed by atoms with Crippen molar-refractivity contribution in [3.63, 3.8) is 0 Å². The third-order valence-corrected chi connectivity index (χ3v) is 2.89. The van der Waals surface area contributed by atoms with Crippen LogP contribution in [0.3, 0.4) is 0 Å². The summed E-state index contributed by atoms with van der Waals surface area (Å²) in [5, 5.41) is 17.8. The zero-order valence-corrected chi connectivity index (χ0v) is 8.39. The van der Waals surface area contributed by atoms with E-state index in [2.05, 4.69) is 0 Å². The van der Waals surface area contributed by atoms with Crippen LogP contribution in [0.4, 0.5) is 4.79 Å². The van der Waals surface area contributed by atoms with Crippen LogP contribution in [-0.2, 0) is 9.59 Å². The largest absolute Gasteiger partial charge is 0.480 e. The van der Waals surface area contributed by atoms with Crippen molar-refractivity contribution in [2.75, 3.05) is 13.1 Å². The van der Waals surface area contributed by atoms with Crippen LogP contribution in [0.5, 0.6) is 0 Å². The maximum atomic E-state index is 11.6. The summed E-state index contributed by atoms with van der Waals surface area (Å²) in [4.78, 5) is 34.3. The first-order chi connectivity index (χ1) is 6.94. The fraction of sp³-hybridized carbons (Fsp3) is 0.667. The number of hydrogen-bond donors (Lipinski definition) is 2. The first-order valence-corrected chi connectivity index (χ1v) is 4.68. The molecule has 0 aromatic carbocycles. The van der Waals surface area contributed by atoms with Crippen molar-refractivity contribution in [2.24, 2.45) is 5.41 Å². The van der Waals surface area contributed by atoms with Crippen LogP contribution in [-0.4, -0.2) is 46.0 Å². The lowest BCUT2D eigenvalue weighted by Crippen LogP contribution is -2.54. The molecular weight excluding hydrogens is 202 g/mol. The Bertz CT molecular complexity index is 314. The van der Waals surface area contributed by atoms with Gasteiger partial charge < -0.3 is 15.1 Å². The number of ketones is 1. The van der Waals surface area contributed by atoms with Crippen molar-refractivity contribution in [1.82, 2.24) is 4.90 Å². The van der Waals surface area contributed by atoms with Gasteiger partial charge in [-0.05, 0) is 6.42 Å². The minimum absolute atomic E-state index is 0.0214. The second-order valence-electron chi connectivity index (χ2n) is 3.62. The number of carbonyl (C=O) groups excluding carboxylic acids is 1. The number of hydrogen-bond acceptors (Lipinski definition) is 3. The van der Waals surface area contributed by atoms with Gasteiger partial charge in [-0.1, -0.05) is 6.92 Å². The average Bonchev–Trinajstić information content (AvgIpc) is 2.18. The predicted molar refractivity (Wildman–Crippen MR) is 49.6 cm³/mol. The third-order valence-electron chi connectivity index (χ3n) is 2.89. The normalized spacial score (nSPS) is 26.5. The van der Waals surface area contributed by atoms with E-state index in [1.165, 1.54) is 0 Å². The highest BCUT2D eigenvalue weighted by molar-refractivity contribution is 6.04. The van der Waals surface area contributed by atoms with Gasteiger partial charge in [-0.2, -0.15) is 0 Å². The fourth-order valence-electron chi connectivity index (χ4n) is 1.78. The van der Waals surface area contributed by atoms with E-state index in [9.17, 15) is 14.4 Å². The lowest BCUT2D eigenvalue weighted by molar-refractivity contribution is -0.158. The summed E-state index contributed by atoms with van der Waals surface area (Å²) >= 11 is 0. The third kappa shape index (κ3) is 1.79. The van der Waals surface area contributed by atoms with Crippen molar-refractivity contribution in [2.45, 2.75) is 19.8 Å². The minimum Gasteiger partial charge on any atom is -0.480 e. The summed E-state index contributed by atoms with van der Waals surface area (Å²) in [6, 6.07) is 0. The van der Waals surface area contributed by atoms with Crippen LogP contribution >= 0.6 is 0 Å². The molecule has 6 heteroatoms. The molecule has 1 heterocycles. The molecule has 0 aromatic rings.